The first-order valence-electron chi connectivity index (χ1n) is 9.78. The molecule has 0 aliphatic heterocycles. The van der Waals surface area contributed by atoms with Crippen LogP contribution in [0.5, 0.6) is 23.0 Å². The van der Waals surface area contributed by atoms with Gasteiger partial charge in [-0.05, 0) is 55.0 Å². The zero-order valence-corrected chi connectivity index (χ0v) is 17.4. The molecule has 0 saturated heterocycles. The molecule has 0 aromatic heterocycles. The number of para-hydroxylation sites is 1. The van der Waals surface area contributed by atoms with E-state index in [1.54, 1.807) is 31.3 Å². The third kappa shape index (κ3) is 5.23. The molecule has 0 heterocycles. The quantitative estimate of drug-likeness (QED) is 0.503. The van der Waals surface area contributed by atoms with Crippen LogP contribution in [0.15, 0.2) is 72.8 Å². The topological polar surface area (TPSA) is 60.0 Å². The molecule has 3 rings (SSSR count). The highest BCUT2D eigenvalue weighted by atomic mass is 16.5. The lowest BCUT2D eigenvalue weighted by Gasteiger charge is -2.23. The Morgan fingerprint density at radius 3 is 2.17 bits per heavy atom. The van der Waals surface area contributed by atoms with Crippen molar-refractivity contribution in [1.82, 2.24) is 0 Å². The summed E-state index contributed by atoms with van der Waals surface area (Å²) in [5.74, 6) is 2.65. The first kappa shape index (κ1) is 21.0. The number of carbonyl (C=O) groups excluding carboxylic acids is 1. The molecule has 0 bridgehead atoms. The van der Waals surface area contributed by atoms with Gasteiger partial charge in [-0.3, -0.25) is 4.90 Å². The maximum Gasteiger partial charge on any atom is 0.326 e. The van der Waals surface area contributed by atoms with Crippen LogP contribution in [0, 0.1) is 0 Å². The number of hydrogen-bond donors (Lipinski definition) is 1. The zero-order valence-electron chi connectivity index (χ0n) is 17.4. The van der Waals surface area contributed by atoms with Gasteiger partial charge in [0.25, 0.3) is 0 Å². The van der Waals surface area contributed by atoms with E-state index in [9.17, 15) is 4.79 Å². The molecule has 0 aliphatic rings. The number of rotatable bonds is 8. The second-order valence-electron chi connectivity index (χ2n) is 6.56. The molecular weight excluding hydrogens is 380 g/mol. The van der Waals surface area contributed by atoms with Crippen LogP contribution >= 0.6 is 0 Å². The molecular formula is C24H26N2O4. The van der Waals surface area contributed by atoms with Gasteiger partial charge < -0.3 is 19.5 Å². The van der Waals surface area contributed by atoms with Crippen molar-refractivity contribution in [1.29, 1.82) is 0 Å². The SMILES string of the molecule is CCCN(C(=O)Nc1ccc(Oc2ccccc2)cc1)c1ccc(OC)c(OC)c1. The molecule has 30 heavy (non-hydrogen) atoms. The number of methoxy groups -OCH3 is 2. The number of nitrogens with zero attached hydrogens (tertiary/aromatic N) is 1. The lowest BCUT2D eigenvalue weighted by Crippen LogP contribution is -2.35. The van der Waals surface area contributed by atoms with Crippen LogP contribution in [0.25, 0.3) is 0 Å². The van der Waals surface area contributed by atoms with E-state index in [0.717, 1.165) is 17.9 Å². The Morgan fingerprint density at radius 1 is 0.867 bits per heavy atom. The van der Waals surface area contributed by atoms with E-state index < -0.39 is 0 Å². The van der Waals surface area contributed by atoms with Crippen LogP contribution < -0.4 is 24.4 Å². The van der Waals surface area contributed by atoms with Gasteiger partial charge in [-0.15, -0.1) is 0 Å². The molecule has 0 atom stereocenters. The number of anilines is 2. The maximum absolute atomic E-state index is 12.9. The minimum Gasteiger partial charge on any atom is -0.493 e. The molecule has 0 fully saturated rings. The standard InChI is InChI=1S/C24H26N2O4/c1-4-16-26(19-12-15-22(28-2)23(17-19)29-3)24(27)25-18-10-13-21(14-11-18)30-20-8-6-5-7-9-20/h5-15,17H,4,16H2,1-3H3,(H,25,27). The van der Waals surface area contributed by atoms with Gasteiger partial charge in [-0.2, -0.15) is 0 Å². The van der Waals surface area contributed by atoms with Crippen LogP contribution in [-0.2, 0) is 0 Å². The third-order valence-electron chi connectivity index (χ3n) is 4.46. The molecule has 3 aromatic rings. The first-order valence-corrected chi connectivity index (χ1v) is 9.78. The van der Waals surface area contributed by atoms with Gasteiger partial charge in [0.1, 0.15) is 11.5 Å². The first-order chi connectivity index (χ1) is 14.6. The van der Waals surface area contributed by atoms with Crippen LogP contribution in [0.3, 0.4) is 0 Å². The smallest absolute Gasteiger partial charge is 0.326 e. The Labute approximate surface area is 177 Å². The van der Waals surface area contributed by atoms with Crippen molar-refractivity contribution in [2.75, 3.05) is 31.0 Å². The van der Waals surface area contributed by atoms with E-state index in [1.165, 1.54) is 0 Å². The van der Waals surface area contributed by atoms with E-state index in [0.29, 0.717) is 29.5 Å². The summed E-state index contributed by atoms with van der Waals surface area (Å²) < 4.78 is 16.4. The van der Waals surface area contributed by atoms with Crippen LogP contribution in [0.1, 0.15) is 13.3 Å². The molecule has 0 unspecified atom stereocenters. The minimum absolute atomic E-state index is 0.221. The van der Waals surface area contributed by atoms with Crippen molar-refractivity contribution in [2.24, 2.45) is 0 Å². The highest BCUT2D eigenvalue weighted by molar-refractivity contribution is 6.02. The minimum atomic E-state index is -0.221. The van der Waals surface area contributed by atoms with Crippen molar-refractivity contribution >= 4 is 17.4 Å². The largest absolute Gasteiger partial charge is 0.493 e. The van der Waals surface area contributed by atoms with E-state index in [2.05, 4.69) is 5.32 Å². The Hall–Kier alpha value is -3.67. The Bertz CT molecular complexity index is 959. The van der Waals surface area contributed by atoms with Crippen molar-refractivity contribution < 1.29 is 19.0 Å². The summed E-state index contributed by atoms with van der Waals surface area (Å²) >= 11 is 0. The lowest BCUT2D eigenvalue weighted by molar-refractivity contribution is 0.257. The average Bonchev–Trinajstić information content (AvgIpc) is 2.79. The fourth-order valence-corrected chi connectivity index (χ4v) is 2.99. The summed E-state index contributed by atoms with van der Waals surface area (Å²) in [6, 6.07) is 22.0. The molecule has 6 heteroatoms. The van der Waals surface area contributed by atoms with E-state index in [4.69, 9.17) is 14.2 Å². The normalized spacial score (nSPS) is 10.2. The summed E-state index contributed by atoms with van der Waals surface area (Å²) in [5, 5.41) is 2.94. The third-order valence-corrected chi connectivity index (χ3v) is 4.46. The summed E-state index contributed by atoms with van der Waals surface area (Å²) in [6.07, 6.45) is 0.811. The fourth-order valence-electron chi connectivity index (χ4n) is 2.99. The molecule has 0 saturated carbocycles. The van der Waals surface area contributed by atoms with Crippen molar-refractivity contribution in [3.8, 4) is 23.0 Å². The maximum atomic E-state index is 12.9. The molecule has 0 aliphatic carbocycles. The summed E-state index contributed by atoms with van der Waals surface area (Å²) in [4.78, 5) is 14.6. The fraction of sp³-hybridized carbons (Fsp3) is 0.208. The number of ether oxygens (including phenoxy) is 3. The van der Waals surface area contributed by atoms with Gasteiger partial charge in [0.2, 0.25) is 0 Å². The molecule has 0 radical (unpaired) electrons. The molecule has 2 amide bonds. The van der Waals surface area contributed by atoms with Gasteiger partial charge in [0.15, 0.2) is 11.5 Å². The highest BCUT2D eigenvalue weighted by Crippen LogP contribution is 2.32. The van der Waals surface area contributed by atoms with Gasteiger partial charge in [0, 0.05) is 24.0 Å². The zero-order chi connectivity index (χ0) is 21.3. The number of carbonyl (C=O) groups is 1. The van der Waals surface area contributed by atoms with Crippen molar-refractivity contribution in [2.45, 2.75) is 13.3 Å². The van der Waals surface area contributed by atoms with Crippen LogP contribution in [-0.4, -0.2) is 26.8 Å². The van der Waals surface area contributed by atoms with Gasteiger partial charge in [0.05, 0.1) is 14.2 Å². The lowest BCUT2D eigenvalue weighted by atomic mass is 10.2. The van der Waals surface area contributed by atoms with Crippen LogP contribution in [0.2, 0.25) is 0 Å². The summed E-state index contributed by atoms with van der Waals surface area (Å²) in [5.41, 5.74) is 1.41. The Balaban J connectivity index is 1.72. The number of hydrogen-bond acceptors (Lipinski definition) is 4. The molecule has 0 spiro atoms. The Morgan fingerprint density at radius 2 is 1.53 bits per heavy atom. The number of benzene rings is 3. The monoisotopic (exact) mass is 406 g/mol. The number of nitrogens with one attached hydrogen (secondary N) is 1. The predicted octanol–water partition coefficient (Wildman–Crippen LogP) is 5.94. The van der Waals surface area contributed by atoms with Gasteiger partial charge >= 0.3 is 6.03 Å². The highest BCUT2D eigenvalue weighted by Gasteiger charge is 2.17. The van der Waals surface area contributed by atoms with Crippen molar-refractivity contribution in [3.05, 3.63) is 72.8 Å². The van der Waals surface area contributed by atoms with E-state index >= 15 is 0 Å². The van der Waals surface area contributed by atoms with Gasteiger partial charge in [-0.1, -0.05) is 25.1 Å². The second kappa shape index (κ2) is 10.2. The number of urea groups is 1. The van der Waals surface area contributed by atoms with Gasteiger partial charge in [-0.25, -0.2) is 4.79 Å². The number of amides is 2. The summed E-state index contributed by atoms with van der Waals surface area (Å²) in [7, 11) is 3.16. The van der Waals surface area contributed by atoms with E-state index in [1.807, 2.05) is 67.6 Å². The second-order valence-corrected chi connectivity index (χ2v) is 6.56. The molecule has 1 N–H and O–H groups in total. The molecule has 156 valence electrons. The summed E-state index contributed by atoms with van der Waals surface area (Å²) in [6.45, 7) is 2.59. The van der Waals surface area contributed by atoms with Crippen molar-refractivity contribution in [3.63, 3.8) is 0 Å². The van der Waals surface area contributed by atoms with E-state index in [-0.39, 0.29) is 6.03 Å². The molecule has 3 aromatic carbocycles. The average molecular weight is 406 g/mol. The molecule has 6 nitrogen and oxygen atoms in total. The van der Waals surface area contributed by atoms with Crippen LogP contribution in [0.4, 0.5) is 16.2 Å². The Kier molecular flexibility index (Phi) is 7.16. The predicted molar refractivity (Wildman–Crippen MR) is 119 cm³/mol.